The fourth-order valence-electron chi connectivity index (χ4n) is 1.34. The van der Waals surface area contributed by atoms with Gasteiger partial charge in [0.25, 0.3) is 0 Å². The van der Waals surface area contributed by atoms with Crippen LogP contribution in [0.4, 0.5) is 0 Å². The zero-order valence-electron chi connectivity index (χ0n) is 11.0. The SMILES string of the molecule is CCCCCC.Cc1ccc(C=O)cc1C. The molecule has 1 heteroatoms. The van der Waals surface area contributed by atoms with E-state index in [1.54, 1.807) is 0 Å². The Labute approximate surface area is 99.9 Å². The van der Waals surface area contributed by atoms with E-state index in [1.807, 2.05) is 32.0 Å². The number of benzene rings is 1. The molecule has 1 aromatic carbocycles. The first-order chi connectivity index (χ1) is 7.65. The summed E-state index contributed by atoms with van der Waals surface area (Å²) in [6.07, 6.45) is 6.40. The molecule has 0 saturated heterocycles. The van der Waals surface area contributed by atoms with Gasteiger partial charge in [0.1, 0.15) is 6.29 Å². The van der Waals surface area contributed by atoms with Crippen molar-refractivity contribution in [2.24, 2.45) is 0 Å². The number of carbonyl (C=O) groups is 1. The predicted molar refractivity (Wildman–Crippen MR) is 71.1 cm³/mol. The largest absolute Gasteiger partial charge is 0.298 e. The molecule has 90 valence electrons. The van der Waals surface area contributed by atoms with Crippen molar-refractivity contribution in [3.05, 3.63) is 34.9 Å². The van der Waals surface area contributed by atoms with Gasteiger partial charge in [0, 0.05) is 5.56 Å². The van der Waals surface area contributed by atoms with Crippen LogP contribution in [0.5, 0.6) is 0 Å². The molecule has 0 unspecified atom stereocenters. The number of unbranched alkanes of at least 4 members (excludes halogenated alkanes) is 3. The van der Waals surface area contributed by atoms with Gasteiger partial charge in [0.15, 0.2) is 0 Å². The highest BCUT2D eigenvalue weighted by Crippen LogP contribution is 2.07. The fraction of sp³-hybridized carbons (Fsp3) is 0.533. The number of carbonyl (C=O) groups excluding carboxylic acids is 1. The van der Waals surface area contributed by atoms with Crippen LogP contribution in [0, 0.1) is 13.8 Å². The monoisotopic (exact) mass is 220 g/mol. The number of rotatable bonds is 4. The number of aldehydes is 1. The van der Waals surface area contributed by atoms with Crippen LogP contribution in [0.2, 0.25) is 0 Å². The van der Waals surface area contributed by atoms with Crippen LogP contribution in [-0.4, -0.2) is 6.29 Å². The number of hydrogen-bond donors (Lipinski definition) is 0. The average Bonchev–Trinajstić information content (AvgIpc) is 2.31. The Morgan fingerprint density at radius 3 is 1.94 bits per heavy atom. The van der Waals surface area contributed by atoms with Gasteiger partial charge in [-0.3, -0.25) is 4.79 Å². The molecular formula is C15H24O. The molecular weight excluding hydrogens is 196 g/mol. The van der Waals surface area contributed by atoms with Crippen molar-refractivity contribution >= 4 is 6.29 Å². The van der Waals surface area contributed by atoms with E-state index in [9.17, 15) is 4.79 Å². The summed E-state index contributed by atoms with van der Waals surface area (Å²) in [6.45, 7) is 8.50. The summed E-state index contributed by atoms with van der Waals surface area (Å²) in [4.78, 5) is 10.3. The minimum Gasteiger partial charge on any atom is -0.298 e. The Morgan fingerprint density at radius 2 is 1.56 bits per heavy atom. The van der Waals surface area contributed by atoms with Crippen molar-refractivity contribution in [1.82, 2.24) is 0 Å². The van der Waals surface area contributed by atoms with Crippen LogP contribution in [0.15, 0.2) is 18.2 Å². The molecule has 0 N–H and O–H groups in total. The summed E-state index contributed by atoms with van der Waals surface area (Å²) in [5, 5.41) is 0. The van der Waals surface area contributed by atoms with E-state index < -0.39 is 0 Å². The second kappa shape index (κ2) is 9.14. The predicted octanol–water partition coefficient (Wildman–Crippen LogP) is 4.70. The van der Waals surface area contributed by atoms with Crippen molar-refractivity contribution in [3.8, 4) is 0 Å². The molecule has 0 aromatic heterocycles. The third-order valence-electron chi connectivity index (χ3n) is 2.62. The Bertz CT molecular complexity index is 298. The maximum absolute atomic E-state index is 10.3. The van der Waals surface area contributed by atoms with Crippen molar-refractivity contribution < 1.29 is 4.79 Å². The van der Waals surface area contributed by atoms with Gasteiger partial charge in [0.05, 0.1) is 0 Å². The van der Waals surface area contributed by atoms with Crippen LogP contribution in [-0.2, 0) is 0 Å². The first kappa shape index (κ1) is 14.9. The van der Waals surface area contributed by atoms with Gasteiger partial charge in [0.2, 0.25) is 0 Å². The molecule has 0 heterocycles. The zero-order valence-corrected chi connectivity index (χ0v) is 11.0. The van der Waals surface area contributed by atoms with Crippen LogP contribution < -0.4 is 0 Å². The smallest absolute Gasteiger partial charge is 0.150 e. The van der Waals surface area contributed by atoms with Crippen molar-refractivity contribution in [2.45, 2.75) is 53.4 Å². The van der Waals surface area contributed by atoms with E-state index in [-0.39, 0.29) is 0 Å². The summed E-state index contributed by atoms with van der Waals surface area (Å²) in [5.41, 5.74) is 3.15. The van der Waals surface area contributed by atoms with Gasteiger partial charge in [-0.2, -0.15) is 0 Å². The molecule has 1 nitrogen and oxygen atoms in total. The van der Waals surface area contributed by atoms with Crippen LogP contribution in [0.1, 0.15) is 61.0 Å². The van der Waals surface area contributed by atoms with Crippen molar-refractivity contribution in [3.63, 3.8) is 0 Å². The molecule has 0 amide bonds. The lowest BCUT2D eigenvalue weighted by molar-refractivity contribution is 0.112. The van der Waals surface area contributed by atoms with Crippen LogP contribution in [0.3, 0.4) is 0 Å². The quantitative estimate of drug-likeness (QED) is 0.531. The highest BCUT2D eigenvalue weighted by atomic mass is 16.1. The fourth-order valence-corrected chi connectivity index (χ4v) is 1.34. The van der Waals surface area contributed by atoms with E-state index in [2.05, 4.69) is 13.8 Å². The summed E-state index contributed by atoms with van der Waals surface area (Å²) >= 11 is 0. The highest BCUT2D eigenvalue weighted by molar-refractivity contribution is 5.75. The Morgan fingerprint density at radius 1 is 1.00 bits per heavy atom. The summed E-state index contributed by atoms with van der Waals surface area (Å²) < 4.78 is 0. The second-order valence-electron chi connectivity index (χ2n) is 4.17. The lowest BCUT2D eigenvalue weighted by Crippen LogP contribution is -1.84. The standard InChI is InChI=1S/C9H10O.C6H14/c1-7-3-4-9(6-10)5-8(7)2;1-3-5-6-4-2/h3-6H,1-2H3;3-6H2,1-2H3. The molecule has 0 fully saturated rings. The van der Waals surface area contributed by atoms with E-state index in [0.717, 1.165) is 11.8 Å². The molecule has 0 radical (unpaired) electrons. The normalized spacial score (nSPS) is 9.25. The molecule has 1 aromatic rings. The lowest BCUT2D eigenvalue weighted by atomic mass is 10.1. The van der Waals surface area contributed by atoms with Crippen molar-refractivity contribution in [1.29, 1.82) is 0 Å². The third kappa shape index (κ3) is 6.39. The lowest BCUT2D eigenvalue weighted by Gasteiger charge is -1.97. The van der Waals surface area contributed by atoms with Gasteiger partial charge in [-0.25, -0.2) is 0 Å². The van der Waals surface area contributed by atoms with Crippen LogP contribution >= 0.6 is 0 Å². The molecule has 0 bridgehead atoms. The molecule has 0 saturated carbocycles. The van der Waals surface area contributed by atoms with Gasteiger partial charge in [-0.05, 0) is 31.0 Å². The van der Waals surface area contributed by atoms with E-state index in [1.165, 1.54) is 36.8 Å². The molecule has 0 aliphatic rings. The van der Waals surface area contributed by atoms with E-state index in [0.29, 0.717) is 0 Å². The first-order valence-corrected chi connectivity index (χ1v) is 6.18. The summed E-state index contributed by atoms with van der Waals surface area (Å²) in [5.74, 6) is 0. The first-order valence-electron chi connectivity index (χ1n) is 6.18. The molecule has 0 atom stereocenters. The van der Waals surface area contributed by atoms with Gasteiger partial charge in [-0.15, -0.1) is 0 Å². The molecule has 1 rings (SSSR count). The van der Waals surface area contributed by atoms with E-state index >= 15 is 0 Å². The highest BCUT2D eigenvalue weighted by Gasteiger charge is 1.92. The maximum atomic E-state index is 10.3. The second-order valence-corrected chi connectivity index (χ2v) is 4.17. The Balaban J connectivity index is 0.000000325. The van der Waals surface area contributed by atoms with Gasteiger partial charge in [-0.1, -0.05) is 51.7 Å². The third-order valence-corrected chi connectivity index (χ3v) is 2.62. The number of aryl methyl sites for hydroxylation is 2. The van der Waals surface area contributed by atoms with Crippen molar-refractivity contribution in [2.75, 3.05) is 0 Å². The number of hydrogen-bond acceptors (Lipinski definition) is 1. The topological polar surface area (TPSA) is 17.1 Å². The van der Waals surface area contributed by atoms with Gasteiger partial charge < -0.3 is 0 Å². The minimum atomic E-state index is 0.753. The minimum absolute atomic E-state index is 0.753. The molecule has 0 spiro atoms. The zero-order chi connectivity index (χ0) is 12.4. The average molecular weight is 220 g/mol. The van der Waals surface area contributed by atoms with Gasteiger partial charge >= 0.3 is 0 Å². The molecule has 0 aliphatic heterocycles. The molecule has 16 heavy (non-hydrogen) atoms. The maximum Gasteiger partial charge on any atom is 0.150 e. The van der Waals surface area contributed by atoms with Crippen LogP contribution in [0.25, 0.3) is 0 Å². The molecule has 0 aliphatic carbocycles. The summed E-state index contributed by atoms with van der Waals surface area (Å²) in [7, 11) is 0. The summed E-state index contributed by atoms with van der Waals surface area (Å²) in [6, 6.07) is 5.68. The van der Waals surface area contributed by atoms with E-state index in [4.69, 9.17) is 0 Å². The Hall–Kier alpha value is -1.11. The Kier molecular flexibility index (Phi) is 8.51.